The minimum Gasteiger partial charge on any atom is -0.306 e. The first-order valence-electron chi connectivity index (χ1n) is 9.72. The molecule has 0 saturated carbocycles. The van der Waals surface area contributed by atoms with E-state index < -0.39 is 0 Å². The molecule has 0 spiro atoms. The van der Waals surface area contributed by atoms with E-state index in [0.29, 0.717) is 18.3 Å². The van der Waals surface area contributed by atoms with Gasteiger partial charge in [-0.1, -0.05) is 6.07 Å². The molecule has 1 aliphatic heterocycles. The van der Waals surface area contributed by atoms with E-state index >= 15 is 0 Å². The van der Waals surface area contributed by atoms with E-state index in [1.807, 2.05) is 0 Å². The van der Waals surface area contributed by atoms with Gasteiger partial charge in [0.05, 0.1) is 22.6 Å². The second-order valence-electron chi connectivity index (χ2n) is 7.90. The average molecular weight is 503 g/mol. The molecule has 6 heteroatoms. The number of ketones is 1. The number of piperidine rings is 1. The molecule has 2 atom stereocenters. The van der Waals surface area contributed by atoms with Gasteiger partial charge in [-0.25, -0.2) is 4.68 Å². The van der Waals surface area contributed by atoms with Gasteiger partial charge in [0, 0.05) is 33.8 Å². The van der Waals surface area contributed by atoms with Gasteiger partial charge in [-0.2, -0.15) is 5.10 Å². The van der Waals surface area contributed by atoms with Gasteiger partial charge in [-0.15, -0.1) is 11.3 Å². The number of carbonyl (C=O) groups is 1. The number of fused-ring (bicyclic) bond motifs is 3. The molecule has 3 heterocycles. The zero-order valence-corrected chi connectivity index (χ0v) is 18.7. The van der Waals surface area contributed by atoms with Crippen molar-refractivity contribution in [2.24, 2.45) is 5.92 Å². The van der Waals surface area contributed by atoms with Crippen molar-refractivity contribution in [3.8, 4) is 5.69 Å². The van der Waals surface area contributed by atoms with E-state index in [1.54, 1.807) is 11.3 Å². The molecule has 0 N–H and O–H groups in total. The standard InChI is InChI=1S/C22H22IN3OS/c1-25-9-8-14-11-20(27)21-19(12-17-3-2-10-28-17)24-26(22(21)18(14)13-25)16-6-4-15(23)5-7-16/h2-7,10,14,18H,8-9,11-13H2,1H3. The number of hydrogen-bond donors (Lipinski definition) is 0. The smallest absolute Gasteiger partial charge is 0.166 e. The highest BCUT2D eigenvalue weighted by Crippen LogP contribution is 2.43. The highest BCUT2D eigenvalue weighted by atomic mass is 127. The number of rotatable bonds is 3. The maximum absolute atomic E-state index is 13.2. The Bertz CT molecular complexity index is 1010. The molecular formula is C22H22IN3OS. The van der Waals surface area contributed by atoms with Crippen LogP contribution in [0.5, 0.6) is 0 Å². The fourth-order valence-electron chi connectivity index (χ4n) is 4.66. The summed E-state index contributed by atoms with van der Waals surface area (Å²) < 4.78 is 3.27. The van der Waals surface area contributed by atoms with E-state index in [1.165, 1.54) is 8.45 Å². The quantitative estimate of drug-likeness (QED) is 0.485. The third-order valence-corrected chi connectivity index (χ3v) is 7.62. The Kier molecular flexibility index (Phi) is 4.88. The highest BCUT2D eigenvalue weighted by Gasteiger charge is 2.42. The van der Waals surface area contributed by atoms with Crippen molar-refractivity contribution < 1.29 is 4.79 Å². The summed E-state index contributed by atoms with van der Waals surface area (Å²) in [7, 11) is 2.18. The number of benzene rings is 1. The van der Waals surface area contributed by atoms with Gasteiger partial charge in [0.2, 0.25) is 0 Å². The first-order chi connectivity index (χ1) is 13.6. The zero-order chi connectivity index (χ0) is 19.3. The van der Waals surface area contributed by atoms with Crippen molar-refractivity contribution in [2.75, 3.05) is 20.1 Å². The van der Waals surface area contributed by atoms with Crippen LogP contribution in [0.15, 0.2) is 41.8 Å². The summed E-state index contributed by atoms with van der Waals surface area (Å²) in [5.41, 5.74) is 4.02. The Morgan fingerprint density at radius 3 is 2.82 bits per heavy atom. The van der Waals surface area contributed by atoms with Crippen LogP contribution in [-0.4, -0.2) is 40.6 Å². The molecule has 4 nitrogen and oxygen atoms in total. The highest BCUT2D eigenvalue weighted by molar-refractivity contribution is 14.1. The molecule has 0 amide bonds. The van der Waals surface area contributed by atoms with E-state index in [2.05, 4.69) is 81.0 Å². The third-order valence-electron chi connectivity index (χ3n) is 6.02. The number of carbonyl (C=O) groups excluding carboxylic acids is 1. The monoisotopic (exact) mass is 503 g/mol. The van der Waals surface area contributed by atoms with Crippen molar-refractivity contribution in [3.63, 3.8) is 0 Å². The van der Waals surface area contributed by atoms with Gasteiger partial charge >= 0.3 is 0 Å². The normalized spacial score (nSPS) is 22.1. The van der Waals surface area contributed by atoms with Crippen molar-refractivity contribution >= 4 is 39.7 Å². The lowest BCUT2D eigenvalue weighted by Crippen LogP contribution is -2.41. The van der Waals surface area contributed by atoms with Crippen LogP contribution in [0.3, 0.4) is 0 Å². The number of hydrogen-bond acceptors (Lipinski definition) is 4. The first-order valence-corrected chi connectivity index (χ1v) is 11.7. The van der Waals surface area contributed by atoms with Crippen molar-refractivity contribution in [2.45, 2.75) is 25.2 Å². The molecule has 0 bridgehead atoms. The lowest BCUT2D eigenvalue weighted by molar-refractivity contribution is 0.0882. The molecule has 1 saturated heterocycles. The maximum Gasteiger partial charge on any atom is 0.166 e. The Labute approximate surface area is 182 Å². The van der Waals surface area contributed by atoms with Crippen LogP contribution in [0.4, 0.5) is 0 Å². The summed E-state index contributed by atoms with van der Waals surface area (Å²) in [6.45, 7) is 2.07. The largest absolute Gasteiger partial charge is 0.306 e. The molecule has 1 fully saturated rings. The number of Topliss-reactive ketones (excluding diaryl/α,β-unsaturated/α-hetero) is 1. The van der Waals surface area contributed by atoms with Gasteiger partial charge in [-0.3, -0.25) is 4.79 Å². The predicted molar refractivity (Wildman–Crippen MR) is 121 cm³/mol. The van der Waals surface area contributed by atoms with Gasteiger partial charge in [0.25, 0.3) is 0 Å². The minimum atomic E-state index is 0.282. The summed E-state index contributed by atoms with van der Waals surface area (Å²) in [4.78, 5) is 16.9. The van der Waals surface area contributed by atoms with Gasteiger partial charge in [0.15, 0.2) is 5.78 Å². The molecule has 144 valence electrons. The van der Waals surface area contributed by atoms with Crippen LogP contribution in [0.2, 0.25) is 0 Å². The second kappa shape index (κ2) is 7.39. The zero-order valence-electron chi connectivity index (χ0n) is 15.8. The summed E-state index contributed by atoms with van der Waals surface area (Å²) in [5.74, 6) is 1.09. The fraction of sp³-hybridized carbons (Fsp3) is 0.364. The molecule has 2 aliphatic rings. The number of halogens is 1. The minimum absolute atomic E-state index is 0.282. The van der Waals surface area contributed by atoms with E-state index in [0.717, 1.165) is 48.6 Å². The summed E-state index contributed by atoms with van der Waals surface area (Å²) >= 11 is 4.06. The van der Waals surface area contributed by atoms with E-state index in [-0.39, 0.29) is 5.78 Å². The topological polar surface area (TPSA) is 38.1 Å². The fourth-order valence-corrected chi connectivity index (χ4v) is 5.73. The number of likely N-dealkylation sites (N-methyl/N-ethyl adjacent to an activating group) is 1. The van der Waals surface area contributed by atoms with Gasteiger partial charge in [-0.05, 0) is 84.2 Å². The van der Waals surface area contributed by atoms with Gasteiger partial charge in [0.1, 0.15) is 0 Å². The number of likely N-dealkylation sites (tertiary alicyclic amines) is 1. The SMILES string of the molecule is CN1CCC2CC(=O)c3c(Cc4cccs4)nn(-c4ccc(I)cc4)c3C2C1. The Balaban J connectivity index is 1.68. The van der Waals surface area contributed by atoms with Crippen LogP contribution in [0.25, 0.3) is 5.69 Å². The molecule has 1 aromatic carbocycles. The Hall–Kier alpha value is -1.51. The molecule has 0 radical (unpaired) electrons. The van der Waals surface area contributed by atoms with E-state index in [9.17, 15) is 4.79 Å². The summed E-state index contributed by atoms with van der Waals surface area (Å²) in [6, 6.07) is 12.6. The molecule has 28 heavy (non-hydrogen) atoms. The van der Waals surface area contributed by atoms with Crippen LogP contribution < -0.4 is 0 Å². The molecule has 2 unspecified atom stereocenters. The third kappa shape index (κ3) is 3.25. The van der Waals surface area contributed by atoms with Crippen LogP contribution in [-0.2, 0) is 6.42 Å². The molecule has 5 rings (SSSR count). The molecule has 2 aromatic heterocycles. The second-order valence-corrected chi connectivity index (χ2v) is 10.2. The first kappa shape index (κ1) is 18.5. The summed E-state index contributed by atoms with van der Waals surface area (Å²) in [6.07, 6.45) is 2.49. The van der Waals surface area contributed by atoms with Gasteiger partial charge < -0.3 is 4.90 Å². The van der Waals surface area contributed by atoms with Crippen molar-refractivity contribution in [3.05, 3.63) is 67.2 Å². The average Bonchev–Trinajstić information content (AvgIpc) is 3.32. The molecule has 1 aliphatic carbocycles. The van der Waals surface area contributed by atoms with Crippen LogP contribution in [0.1, 0.15) is 45.4 Å². The van der Waals surface area contributed by atoms with Crippen molar-refractivity contribution in [1.82, 2.24) is 14.7 Å². The Morgan fingerprint density at radius 1 is 1.25 bits per heavy atom. The number of thiophene rings is 1. The van der Waals surface area contributed by atoms with Crippen LogP contribution in [0, 0.1) is 9.49 Å². The predicted octanol–water partition coefficient (Wildman–Crippen LogP) is 4.75. The van der Waals surface area contributed by atoms with Crippen LogP contribution >= 0.6 is 33.9 Å². The Morgan fingerprint density at radius 2 is 2.07 bits per heavy atom. The maximum atomic E-state index is 13.2. The lowest BCUT2D eigenvalue weighted by Gasteiger charge is -2.39. The number of aromatic nitrogens is 2. The molecule has 3 aromatic rings. The van der Waals surface area contributed by atoms with E-state index in [4.69, 9.17) is 5.10 Å². The number of nitrogens with zero attached hydrogens (tertiary/aromatic N) is 3. The van der Waals surface area contributed by atoms with Crippen molar-refractivity contribution in [1.29, 1.82) is 0 Å². The summed E-state index contributed by atoms with van der Waals surface area (Å²) in [5, 5.41) is 7.10. The molecular weight excluding hydrogens is 481 g/mol. The lowest BCUT2D eigenvalue weighted by atomic mass is 9.73.